The Balaban J connectivity index is 1.84. The maximum Gasteiger partial charge on any atom is 0.328 e. The lowest BCUT2D eigenvalue weighted by molar-refractivity contribution is -0.145. The lowest BCUT2D eigenvalue weighted by atomic mass is 9.90. The van der Waals surface area contributed by atoms with E-state index in [1.54, 1.807) is 0 Å². The van der Waals surface area contributed by atoms with Crippen molar-refractivity contribution >= 4 is 11.9 Å². The SMILES string of the molecule is COC(=O)[C@@H](CC1CC1)NC(=O)C(c1ccccc1)c1ccccc1. The van der Waals surface area contributed by atoms with Gasteiger partial charge in [-0.05, 0) is 23.5 Å². The number of hydrogen-bond acceptors (Lipinski definition) is 3. The van der Waals surface area contributed by atoms with Crippen LogP contribution in [0.5, 0.6) is 0 Å². The number of methoxy groups -OCH3 is 1. The van der Waals surface area contributed by atoms with E-state index in [0.717, 1.165) is 24.0 Å². The normalized spacial score (nSPS) is 14.8. The maximum absolute atomic E-state index is 13.1. The van der Waals surface area contributed by atoms with E-state index in [0.29, 0.717) is 12.3 Å². The van der Waals surface area contributed by atoms with Crippen molar-refractivity contribution < 1.29 is 14.3 Å². The number of amides is 1. The summed E-state index contributed by atoms with van der Waals surface area (Å²) >= 11 is 0. The molecular formula is C21H23NO3. The zero-order chi connectivity index (χ0) is 17.6. The Kier molecular flexibility index (Phi) is 5.49. The van der Waals surface area contributed by atoms with Gasteiger partial charge in [-0.15, -0.1) is 0 Å². The van der Waals surface area contributed by atoms with Crippen LogP contribution >= 0.6 is 0 Å². The van der Waals surface area contributed by atoms with Crippen LogP contribution in [0.15, 0.2) is 60.7 Å². The Labute approximate surface area is 148 Å². The summed E-state index contributed by atoms with van der Waals surface area (Å²) in [6.45, 7) is 0. The topological polar surface area (TPSA) is 55.4 Å². The molecule has 0 aliphatic heterocycles. The summed E-state index contributed by atoms with van der Waals surface area (Å²) in [5.74, 6) is -0.487. The van der Waals surface area contributed by atoms with Crippen LogP contribution < -0.4 is 5.32 Å². The van der Waals surface area contributed by atoms with E-state index in [1.165, 1.54) is 7.11 Å². The van der Waals surface area contributed by atoms with Crippen molar-refractivity contribution in [2.24, 2.45) is 5.92 Å². The van der Waals surface area contributed by atoms with Crippen molar-refractivity contribution in [3.8, 4) is 0 Å². The third kappa shape index (κ3) is 4.47. The van der Waals surface area contributed by atoms with Gasteiger partial charge in [-0.25, -0.2) is 4.79 Å². The van der Waals surface area contributed by atoms with E-state index in [-0.39, 0.29) is 11.9 Å². The quantitative estimate of drug-likeness (QED) is 0.789. The second-order valence-electron chi connectivity index (χ2n) is 6.52. The Morgan fingerprint density at radius 3 is 1.96 bits per heavy atom. The van der Waals surface area contributed by atoms with E-state index in [2.05, 4.69) is 5.32 Å². The van der Waals surface area contributed by atoms with Gasteiger partial charge in [-0.1, -0.05) is 73.5 Å². The minimum absolute atomic E-state index is 0.173. The van der Waals surface area contributed by atoms with Gasteiger partial charge in [0.15, 0.2) is 0 Å². The smallest absolute Gasteiger partial charge is 0.328 e. The summed E-state index contributed by atoms with van der Waals surface area (Å²) in [4.78, 5) is 25.1. The van der Waals surface area contributed by atoms with E-state index in [1.807, 2.05) is 60.7 Å². The number of carbonyl (C=O) groups excluding carboxylic acids is 2. The molecule has 1 aliphatic rings. The molecule has 0 radical (unpaired) electrons. The largest absolute Gasteiger partial charge is 0.467 e. The molecule has 4 heteroatoms. The zero-order valence-electron chi connectivity index (χ0n) is 14.4. The molecule has 2 aromatic carbocycles. The molecule has 0 saturated heterocycles. The van der Waals surface area contributed by atoms with Crippen molar-refractivity contribution in [1.82, 2.24) is 5.32 Å². The van der Waals surface area contributed by atoms with Gasteiger partial charge < -0.3 is 10.1 Å². The Bertz CT molecular complexity index is 671. The van der Waals surface area contributed by atoms with E-state index in [4.69, 9.17) is 4.74 Å². The number of esters is 1. The molecule has 3 rings (SSSR count). The van der Waals surface area contributed by atoms with Crippen LogP contribution in [0.1, 0.15) is 36.3 Å². The third-order valence-corrected chi connectivity index (χ3v) is 4.60. The minimum atomic E-state index is -0.583. The number of rotatable bonds is 7. The summed E-state index contributed by atoms with van der Waals surface area (Å²) in [7, 11) is 1.36. The third-order valence-electron chi connectivity index (χ3n) is 4.60. The molecule has 1 saturated carbocycles. The minimum Gasteiger partial charge on any atom is -0.467 e. The van der Waals surface area contributed by atoms with Crippen LogP contribution in [-0.2, 0) is 14.3 Å². The highest BCUT2D eigenvalue weighted by atomic mass is 16.5. The van der Waals surface area contributed by atoms with E-state index >= 15 is 0 Å². The lowest BCUT2D eigenvalue weighted by Gasteiger charge is -2.22. The molecule has 1 atom stereocenters. The highest BCUT2D eigenvalue weighted by Crippen LogP contribution is 2.34. The average Bonchev–Trinajstić information content (AvgIpc) is 3.46. The zero-order valence-corrected chi connectivity index (χ0v) is 14.4. The fraction of sp³-hybridized carbons (Fsp3) is 0.333. The molecule has 0 bridgehead atoms. The van der Waals surface area contributed by atoms with Crippen LogP contribution in [0.25, 0.3) is 0 Å². The van der Waals surface area contributed by atoms with Crippen LogP contribution in [0.4, 0.5) is 0 Å². The first-order valence-electron chi connectivity index (χ1n) is 8.67. The predicted molar refractivity (Wildman–Crippen MR) is 96.0 cm³/mol. The molecule has 1 amide bonds. The van der Waals surface area contributed by atoms with Gasteiger partial charge in [0.25, 0.3) is 0 Å². The number of benzene rings is 2. The number of ether oxygens (including phenoxy) is 1. The highest BCUT2D eigenvalue weighted by Gasteiger charge is 2.33. The average molecular weight is 337 g/mol. The Morgan fingerprint density at radius 2 is 1.52 bits per heavy atom. The Morgan fingerprint density at radius 1 is 1.00 bits per heavy atom. The van der Waals surface area contributed by atoms with Gasteiger partial charge in [-0.2, -0.15) is 0 Å². The Hall–Kier alpha value is -2.62. The van der Waals surface area contributed by atoms with Crippen molar-refractivity contribution in [1.29, 1.82) is 0 Å². The van der Waals surface area contributed by atoms with Gasteiger partial charge in [0.1, 0.15) is 6.04 Å². The second kappa shape index (κ2) is 7.97. The van der Waals surface area contributed by atoms with Gasteiger partial charge in [0, 0.05) is 0 Å². The van der Waals surface area contributed by atoms with Gasteiger partial charge in [0.2, 0.25) is 5.91 Å². The summed E-state index contributed by atoms with van der Waals surface area (Å²) in [5.41, 5.74) is 1.81. The molecule has 0 heterocycles. The molecule has 1 N–H and O–H groups in total. The van der Waals surface area contributed by atoms with E-state index < -0.39 is 12.0 Å². The molecule has 2 aromatic rings. The van der Waals surface area contributed by atoms with Crippen LogP contribution in [-0.4, -0.2) is 25.0 Å². The van der Waals surface area contributed by atoms with Crippen LogP contribution in [0, 0.1) is 5.92 Å². The number of nitrogens with one attached hydrogen (secondary N) is 1. The molecule has 25 heavy (non-hydrogen) atoms. The fourth-order valence-electron chi connectivity index (χ4n) is 3.08. The molecule has 0 aromatic heterocycles. The highest BCUT2D eigenvalue weighted by molar-refractivity contribution is 5.91. The molecule has 1 aliphatic carbocycles. The first-order valence-corrected chi connectivity index (χ1v) is 8.67. The second-order valence-corrected chi connectivity index (χ2v) is 6.52. The van der Waals surface area contributed by atoms with Gasteiger partial charge in [-0.3, -0.25) is 4.79 Å². The summed E-state index contributed by atoms with van der Waals surface area (Å²) in [5, 5.41) is 2.92. The van der Waals surface area contributed by atoms with Gasteiger partial charge in [0.05, 0.1) is 13.0 Å². The molecule has 4 nitrogen and oxygen atoms in total. The first-order chi connectivity index (χ1) is 12.2. The number of hydrogen-bond donors (Lipinski definition) is 1. The first kappa shape index (κ1) is 17.2. The summed E-state index contributed by atoms with van der Waals surface area (Å²) in [6, 6.07) is 18.7. The molecule has 130 valence electrons. The van der Waals surface area contributed by atoms with Crippen molar-refractivity contribution in [3.63, 3.8) is 0 Å². The van der Waals surface area contributed by atoms with E-state index in [9.17, 15) is 9.59 Å². The fourth-order valence-corrected chi connectivity index (χ4v) is 3.08. The van der Waals surface area contributed by atoms with Crippen molar-refractivity contribution in [2.45, 2.75) is 31.2 Å². The van der Waals surface area contributed by atoms with Crippen LogP contribution in [0.2, 0.25) is 0 Å². The molecule has 0 unspecified atom stereocenters. The van der Waals surface area contributed by atoms with Crippen molar-refractivity contribution in [2.75, 3.05) is 7.11 Å². The lowest BCUT2D eigenvalue weighted by Crippen LogP contribution is -2.44. The molecular weight excluding hydrogens is 314 g/mol. The monoisotopic (exact) mass is 337 g/mol. The van der Waals surface area contributed by atoms with Crippen LogP contribution in [0.3, 0.4) is 0 Å². The molecule has 1 fully saturated rings. The number of carbonyl (C=O) groups is 2. The summed E-state index contributed by atoms with van der Waals surface area (Å²) in [6.07, 6.45) is 2.88. The predicted octanol–water partition coefficient (Wildman–Crippen LogP) is 3.28. The molecule has 0 spiro atoms. The maximum atomic E-state index is 13.1. The standard InChI is InChI=1S/C21H23NO3/c1-25-21(24)18(14-15-12-13-15)22-20(23)19(16-8-4-2-5-9-16)17-10-6-3-7-11-17/h2-11,15,18-19H,12-14H2,1H3,(H,22,23)/t18-/m1/s1. The summed E-state index contributed by atoms with van der Waals surface area (Å²) < 4.78 is 4.88. The van der Waals surface area contributed by atoms with Crippen molar-refractivity contribution in [3.05, 3.63) is 71.8 Å². The van der Waals surface area contributed by atoms with Gasteiger partial charge >= 0.3 is 5.97 Å².